The Balaban J connectivity index is 1.71. The zero-order valence-electron chi connectivity index (χ0n) is 13.2. The molecular weight excluding hydrogens is 317 g/mol. The van der Waals surface area contributed by atoms with E-state index < -0.39 is 29.4 Å². The van der Waals surface area contributed by atoms with Gasteiger partial charge in [0.25, 0.3) is 0 Å². The lowest BCUT2D eigenvalue weighted by Crippen LogP contribution is -2.44. The van der Waals surface area contributed by atoms with E-state index in [1.807, 2.05) is 23.1 Å². The fourth-order valence-corrected chi connectivity index (χ4v) is 2.87. The highest BCUT2D eigenvalue weighted by Gasteiger charge is 2.26. The fourth-order valence-electron chi connectivity index (χ4n) is 2.87. The molecule has 0 bridgehead atoms. The third-order valence-corrected chi connectivity index (χ3v) is 4.38. The van der Waals surface area contributed by atoms with Gasteiger partial charge in [-0.15, -0.1) is 0 Å². The topological polar surface area (TPSA) is 32.3 Å². The van der Waals surface area contributed by atoms with Gasteiger partial charge in [0, 0.05) is 13.1 Å². The first-order chi connectivity index (χ1) is 11.5. The van der Waals surface area contributed by atoms with Crippen molar-refractivity contribution in [3.05, 3.63) is 65.0 Å². The largest absolute Gasteiger partial charge is 0.322 e. The van der Waals surface area contributed by atoms with Crippen molar-refractivity contribution in [2.45, 2.75) is 25.9 Å². The minimum atomic E-state index is -1.59. The van der Waals surface area contributed by atoms with Crippen LogP contribution in [-0.2, 0) is 17.8 Å². The van der Waals surface area contributed by atoms with E-state index in [4.69, 9.17) is 0 Å². The summed E-state index contributed by atoms with van der Waals surface area (Å²) in [6.45, 7) is 3.03. The molecule has 3 nitrogen and oxygen atoms in total. The molecule has 0 saturated heterocycles. The Morgan fingerprint density at radius 2 is 1.79 bits per heavy atom. The molecule has 2 aromatic carbocycles. The van der Waals surface area contributed by atoms with Gasteiger partial charge in [-0.25, -0.2) is 13.2 Å². The molecule has 1 aliphatic rings. The second-order valence-corrected chi connectivity index (χ2v) is 5.88. The predicted octanol–water partition coefficient (Wildman–Crippen LogP) is 3.49. The smallest absolute Gasteiger partial charge is 0.241 e. The monoisotopic (exact) mass is 334 g/mol. The Hall–Kier alpha value is -2.34. The van der Waals surface area contributed by atoms with Gasteiger partial charge in [-0.1, -0.05) is 24.3 Å². The number of carbonyl (C=O) groups excluding carboxylic acids is 1. The van der Waals surface area contributed by atoms with Crippen LogP contribution in [0, 0.1) is 17.5 Å². The lowest BCUT2D eigenvalue weighted by molar-refractivity contribution is -0.121. The SMILES string of the molecule is CC(C(=O)Nc1ccc(F)c(F)c1F)N1CCc2ccccc2C1. The van der Waals surface area contributed by atoms with Crippen molar-refractivity contribution in [2.75, 3.05) is 11.9 Å². The first-order valence-electron chi connectivity index (χ1n) is 7.72. The molecule has 3 rings (SSSR count). The number of rotatable bonds is 3. The molecule has 1 amide bonds. The van der Waals surface area contributed by atoms with Crippen molar-refractivity contribution in [3.8, 4) is 0 Å². The van der Waals surface area contributed by atoms with Gasteiger partial charge < -0.3 is 5.32 Å². The normalized spacial score (nSPS) is 15.7. The summed E-state index contributed by atoms with van der Waals surface area (Å²) in [6.07, 6.45) is 0.827. The van der Waals surface area contributed by atoms with E-state index in [-0.39, 0.29) is 5.69 Å². The maximum absolute atomic E-state index is 13.7. The molecule has 0 saturated carbocycles. The molecule has 0 spiro atoms. The first kappa shape index (κ1) is 16.5. The number of halogens is 3. The molecule has 1 N–H and O–H groups in total. The van der Waals surface area contributed by atoms with E-state index in [2.05, 4.69) is 11.4 Å². The Kier molecular flexibility index (Phi) is 4.57. The van der Waals surface area contributed by atoms with E-state index in [1.165, 1.54) is 5.56 Å². The van der Waals surface area contributed by atoms with Gasteiger partial charge in [0.05, 0.1) is 11.7 Å². The maximum Gasteiger partial charge on any atom is 0.241 e. The van der Waals surface area contributed by atoms with E-state index in [1.54, 1.807) is 6.92 Å². The van der Waals surface area contributed by atoms with Crippen molar-refractivity contribution >= 4 is 11.6 Å². The van der Waals surface area contributed by atoms with Crippen LogP contribution >= 0.6 is 0 Å². The molecule has 6 heteroatoms. The molecule has 1 heterocycles. The number of hydrogen-bond donors (Lipinski definition) is 1. The third kappa shape index (κ3) is 3.14. The highest BCUT2D eigenvalue weighted by atomic mass is 19.2. The number of amides is 1. The van der Waals surface area contributed by atoms with E-state index in [0.29, 0.717) is 13.1 Å². The summed E-state index contributed by atoms with van der Waals surface area (Å²) in [6, 6.07) is 9.29. The second-order valence-electron chi connectivity index (χ2n) is 5.88. The summed E-state index contributed by atoms with van der Waals surface area (Å²) in [4.78, 5) is 14.3. The number of anilines is 1. The highest BCUT2D eigenvalue weighted by Crippen LogP contribution is 2.23. The number of hydrogen-bond acceptors (Lipinski definition) is 2. The highest BCUT2D eigenvalue weighted by molar-refractivity contribution is 5.94. The van der Waals surface area contributed by atoms with Crippen LogP contribution in [0.15, 0.2) is 36.4 Å². The number of fused-ring (bicyclic) bond motifs is 1. The number of nitrogens with zero attached hydrogens (tertiary/aromatic N) is 1. The minimum Gasteiger partial charge on any atom is -0.322 e. The molecule has 24 heavy (non-hydrogen) atoms. The average Bonchev–Trinajstić information content (AvgIpc) is 2.61. The summed E-state index contributed by atoms with van der Waals surface area (Å²) < 4.78 is 39.9. The fraction of sp³-hybridized carbons (Fsp3) is 0.278. The van der Waals surface area contributed by atoms with Gasteiger partial charge in [0.1, 0.15) is 0 Å². The maximum atomic E-state index is 13.7. The molecule has 0 aromatic heterocycles. The predicted molar refractivity (Wildman–Crippen MR) is 85.0 cm³/mol. The van der Waals surface area contributed by atoms with Crippen LogP contribution in [0.1, 0.15) is 18.1 Å². The number of benzene rings is 2. The quantitative estimate of drug-likeness (QED) is 0.872. The molecule has 0 aliphatic carbocycles. The summed E-state index contributed by atoms with van der Waals surface area (Å²) in [5.41, 5.74) is 2.05. The Labute approximate surface area is 138 Å². The molecule has 0 radical (unpaired) electrons. The molecule has 1 unspecified atom stereocenters. The lowest BCUT2D eigenvalue weighted by atomic mass is 9.99. The van der Waals surface area contributed by atoms with Gasteiger partial charge >= 0.3 is 0 Å². The van der Waals surface area contributed by atoms with Crippen LogP contribution in [0.3, 0.4) is 0 Å². The zero-order chi connectivity index (χ0) is 17.3. The molecule has 2 aromatic rings. The second kappa shape index (κ2) is 6.65. The van der Waals surface area contributed by atoms with E-state index >= 15 is 0 Å². The van der Waals surface area contributed by atoms with Crippen molar-refractivity contribution in [1.82, 2.24) is 4.90 Å². The lowest BCUT2D eigenvalue weighted by Gasteiger charge is -2.32. The molecule has 1 atom stereocenters. The number of carbonyl (C=O) groups is 1. The minimum absolute atomic E-state index is 0.358. The van der Waals surface area contributed by atoms with Crippen LogP contribution in [-0.4, -0.2) is 23.4 Å². The first-order valence-corrected chi connectivity index (χ1v) is 7.72. The molecule has 1 aliphatic heterocycles. The van der Waals surface area contributed by atoms with Crippen molar-refractivity contribution in [1.29, 1.82) is 0 Å². The Morgan fingerprint density at radius 1 is 1.08 bits per heavy atom. The van der Waals surface area contributed by atoms with Gasteiger partial charge in [-0.05, 0) is 36.6 Å². The van der Waals surface area contributed by atoms with Gasteiger partial charge in [0.2, 0.25) is 5.91 Å². The Morgan fingerprint density at radius 3 is 2.54 bits per heavy atom. The molecule has 0 fully saturated rings. The van der Waals surface area contributed by atoms with Crippen LogP contribution in [0.25, 0.3) is 0 Å². The van der Waals surface area contributed by atoms with Gasteiger partial charge in [-0.2, -0.15) is 0 Å². The average molecular weight is 334 g/mol. The van der Waals surface area contributed by atoms with Crippen LogP contribution in [0.5, 0.6) is 0 Å². The van der Waals surface area contributed by atoms with E-state index in [0.717, 1.165) is 24.1 Å². The summed E-state index contributed by atoms with van der Waals surface area (Å²) >= 11 is 0. The Bertz CT molecular complexity index is 779. The van der Waals surface area contributed by atoms with Crippen molar-refractivity contribution in [2.24, 2.45) is 0 Å². The molecular formula is C18H17F3N2O. The van der Waals surface area contributed by atoms with Crippen molar-refractivity contribution < 1.29 is 18.0 Å². The van der Waals surface area contributed by atoms with Crippen LogP contribution < -0.4 is 5.32 Å². The standard InChI is InChI=1S/C18H17F3N2O/c1-11(23-9-8-12-4-2-3-5-13(12)10-23)18(24)22-15-7-6-14(19)16(20)17(15)21/h2-7,11H,8-10H2,1H3,(H,22,24). The summed E-state index contributed by atoms with van der Waals surface area (Å²) in [5.74, 6) is -4.72. The van der Waals surface area contributed by atoms with E-state index in [9.17, 15) is 18.0 Å². The molecule has 126 valence electrons. The van der Waals surface area contributed by atoms with Gasteiger partial charge in [-0.3, -0.25) is 9.69 Å². The van der Waals surface area contributed by atoms with Crippen LogP contribution in [0.4, 0.5) is 18.9 Å². The van der Waals surface area contributed by atoms with Crippen molar-refractivity contribution in [3.63, 3.8) is 0 Å². The number of nitrogens with one attached hydrogen (secondary N) is 1. The third-order valence-electron chi connectivity index (χ3n) is 4.38. The van der Waals surface area contributed by atoms with Gasteiger partial charge in [0.15, 0.2) is 17.5 Å². The summed E-state index contributed by atoms with van der Waals surface area (Å²) in [5, 5.41) is 2.34. The zero-order valence-corrected chi connectivity index (χ0v) is 13.2. The van der Waals surface area contributed by atoms with Crippen LogP contribution in [0.2, 0.25) is 0 Å². The summed E-state index contributed by atoms with van der Waals surface area (Å²) in [7, 11) is 0.